The number of nitrogens with zero attached hydrogens (tertiary/aromatic N) is 3. The summed E-state index contributed by atoms with van der Waals surface area (Å²) < 4.78 is 5.33. The lowest BCUT2D eigenvalue weighted by molar-refractivity contribution is -0.129. The molecule has 0 aliphatic carbocycles. The van der Waals surface area contributed by atoms with Crippen molar-refractivity contribution in [3.05, 3.63) is 70.3 Å². The topological polar surface area (TPSA) is 56.6 Å². The molecule has 0 aromatic heterocycles. The second-order valence-corrected chi connectivity index (χ2v) is 8.06. The Bertz CT molecular complexity index is 1010. The lowest BCUT2D eigenvalue weighted by Crippen LogP contribution is -2.47. The third kappa shape index (κ3) is 3.58. The van der Waals surface area contributed by atoms with Gasteiger partial charge in [-0.05, 0) is 35.7 Å². The zero-order chi connectivity index (χ0) is 20.4. The van der Waals surface area contributed by atoms with Crippen molar-refractivity contribution in [1.29, 1.82) is 5.26 Å². The third-order valence-electron chi connectivity index (χ3n) is 5.50. The number of hydrogen-bond acceptors (Lipinski definition) is 5. The molecule has 0 radical (unpaired) electrons. The highest BCUT2D eigenvalue weighted by Gasteiger charge is 2.38. The lowest BCUT2D eigenvalue weighted by atomic mass is 9.86. The summed E-state index contributed by atoms with van der Waals surface area (Å²) in [7, 11) is 1.62. The van der Waals surface area contributed by atoms with E-state index >= 15 is 0 Å². The Morgan fingerprint density at radius 3 is 2.83 bits per heavy atom. The van der Waals surface area contributed by atoms with Crippen molar-refractivity contribution in [3.8, 4) is 11.8 Å². The smallest absolute Gasteiger partial charge is 0.229 e. The third-order valence-corrected chi connectivity index (χ3v) is 6.66. The van der Waals surface area contributed by atoms with Gasteiger partial charge in [-0.15, -0.1) is 0 Å². The number of amides is 1. The van der Waals surface area contributed by atoms with Crippen LogP contribution in [0.2, 0.25) is 0 Å². The van der Waals surface area contributed by atoms with Crippen molar-refractivity contribution >= 4 is 23.4 Å². The molecule has 4 rings (SSSR count). The molecule has 2 aromatic rings. The van der Waals surface area contributed by atoms with Gasteiger partial charge in [0.1, 0.15) is 5.75 Å². The van der Waals surface area contributed by atoms with Crippen LogP contribution in [0.3, 0.4) is 0 Å². The Labute approximate surface area is 175 Å². The first kappa shape index (κ1) is 19.4. The van der Waals surface area contributed by atoms with Crippen LogP contribution in [0, 0.1) is 11.3 Å². The van der Waals surface area contributed by atoms with Crippen LogP contribution < -0.4 is 9.64 Å². The molecule has 6 heteroatoms. The van der Waals surface area contributed by atoms with E-state index in [9.17, 15) is 10.1 Å². The van der Waals surface area contributed by atoms with Crippen LogP contribution in [0.5, 0.6) is 5.75 Å². The normalized spacial score (nSPS) is 19.1. The van der Waals surface area contributed by atoms with Gasteiger partial charge in [0.15, 0.2) is 0 Å². The summed E-state index contributed by atoms with van der Waals surface area (Å²) in [4.78, 5) is 17.1. The molecular weight excluding hydrogens is 382 g/mol. The predicted octanol–water partition coefficient (Wildman–Crippen LogP) is 4.48. The van der Waals surface area contributed by atoms with Gasteiger partial charge in [0.2, 0.25) is 5.91 Å². The SMILES string of the molecule is CCc1ccccc1N1CSC2=C(C#N)[C@H](c3cccc(OC)c3)CC(=O)N2C1. The predicted molar refractivity (Wildman–Crippen MR) is 115 cm³/mol. The number of carbonyl (C=O) groups excluding carboxylic acids is 1. The second kappa shape index (κ2) is 8.22. The molecule has 0 N–H and O–H groups in total. The van der Waals surface area contributed by atoms with Crippen molar-refractivity contribution in [2.24, 2.45) is 0 Å². The van der Waals surface area contributed by atoms with E-state index in [1.807, 2.05) is 36.4 Å². The number of hydrogen-bond donors (Lipinski definition) is 0. The van der Waals surface area contributed by atoms with Crippen molar-refractivity contribution in [1.82, 2.24) is 4.90 Å². The summed E-state index contributed by atoms with van der Waals surface area (Å²) in [5, 5.41) is 10.7. The first-order chi connectivity index (χ1) is 14.2. The van der Waals surface area contributed by atoms with Crippen LogP contribution in [0.15, 0.2) is 59.1 Å². The highest BCUT2D eigenvalue weighted by Crippen LogP contribution is 2.44. The van der Waals surface area contributed by atoms with Gasteiger partial charge in [0, 0.05) is 18.0 Å². The van der Waals surface area contributed by atoms with Gasteiger partial charge in [0.25, 0.3) is 0 Å². The first-order valence-electron chi connectivity index (χ1n) is 9.70. The molecule has 2 heterocycles. The summed E-state index contributed by atoms with van der Waals surface area (Å²) in [5.74, 6) is 1.28. The maximum Gasteiger partial charge on any atom is 0.229 e. The minimum atomic E-state index is -0.226. The van der Waals surface area contributed by atoms with Gasteiger partial charge in [-0.2, -0.15) is 5.26 Å². The number of methoxy groups -OCH3 is 1. The summed E-state index contributed by atoms with van der Waals surface area (Å²) in [6, 6.07) is 18.4. The maximum absolute atomic E-state index is 13.1. The number of fused-ring (bicyclic) bond motifs is 1. The molecule has 1 atom stereocenters. The zero-order valence-electron chi connectivity index (χ0n) is 16.6. The molecule has 0 unspecified atom stereocenters. The van der Waals surface area contributed by atoms with Crippen LogP contribution in [0.25, 0.3) is 0 Å². The fourth-order valence-electron chi connectivity index (χ4n) is 3.98. The number of carbonyl (C=O) groups is 1. The van der Waals surface area contributed by atoms with E-state index in [0.29, 0.717) is 24.5 Å². The minimum Gasteiger partial charge on any atom is -0.497 e. The van der Waals surface area contributed by atoms with Crippen molar-refractivity contribution in [2.75, 3.05) is 24.6 Å². The van der Waals surface area contributed by atoms with Crippen LogP contribution in [-0.4, -0.2) is 30.5 Å². The molecule has 1 saturated heterocycles. The average Bonchev–Trinajstić information content (AvgIpc) is 2.78. The summed E-state index contributed by atoms with van der Waals surface area (Å²) in [6.45, 7) is 2.62. The number of para-hydroxylation sites is 1. The van der Waals surface area contributed by atoms with Crippen LogP contribution in [0.1, 0.15) is 30.4 Å². The number of anilines is 1. The van der Waals surface area contributed by atoms with E-state index in [0.717, 1.165) is 28.5 Å². The van der Waals surface area contributed by atoms with Gasteiger partial charge in [-0.1, -0.05) is 49.0 Å². The van der Waals surface area contributed by atoms with E-state index in [1.54, 1.807) is 23.8 Å². The second-order valence-electron chi connectivity index (χ2n) is 7.12. The molecule has 2 aliphatic rings. The number of ether oxygens (including phenoxy) is 1. The molecule has 0 saturated carbocycles. The van der Waals surface area contributed by atoms with Crippen LogP contribution in [-0.2, 0) is 11.2 Å². The average molecular weight is 406 g/mol. The highest BCUT2D eigenvalue weighted by atomic mass is 32.2. The van der Waals surface area contributed by atoms with Crippen LogP contribution >= 0.6 is 11.8 Å². The standard InChI is InChI=1S/C23H23N3O2S/c1-3-16-7-4-5-10-21(16)25-14-26-22(27)12-19(20(13-24)23(26)29-15-25)17-8-6-9-18(11-17)28-2/h4-11,19H,3,12,14-15H2,1-2H3/t19-/m0/s1. The minimum absolute atomic E-state index is 0.0537. The number of benzene rings is 2. The Hall–Kier alpha value is -2.91. The number of allylic oxidation sites excluding steroid dienone is 1. The number of nitriles is 1. The molecule has 5 nitrogen and oxygen atoms in total. The van der Waals surface area contributed by atoms with Gasteiger partial charge in [-0.25, -0.2) is 0 Å². The largest absolute Gasteiger partial charge is 0.497 e. The van der Waals surface area contributed by atoms with E-state index in [-0.39, 0.29) is 11.8 Å². The highest BCUT2D eigenvalue weighted by molar-refractivity contribution is 8.03. The molecular formula is C23H23N3O2S. The quantitative estimate of drug-likeness (QED) is 0.751. The summed E-state index contributed by atoms with van der Waals surface area (Å²) >= 11 is 1.57. The van der Waals surface area contributed by atoms with Crippen LogP contribution in [0.4, 0.5) is 5.69 Å². The molecule has 1 fully saturated rings. The van der Waals surface area contributed by atoms with E-state index in [1.165, 1.54) is 5.56 Å². The Morgan fingerprint density at radius 1 is 1.24 bits per heavy atom. The summed E-state index contributed by atoms with van der Waals surface area (Å²) in [6.07, 6.45) is 1.23. The molecule has 0 bridgehead atoms. The maximum atomic E-state index is 13.1. The molecule has 1 amide bonds. The van der Waals surface area contributed by atoms with Gasteiger partial charge < -0.3 is 9.64 Å². The number of aryl methyl sites for hydroxylation is 1. The van der Waals surface area contributed by atoms with E-state index < -0.39 is 0 Å². The van der Waals surface area contributed by atoms with E-state index in [2.05, 4.69) is 30.0 Å². The summed E-state index contributed by atoms with van der Waals surface area (Å²) in [5.41, 5.74) is 4.04. The Balaban J connectivity index is 1.67. The Morgan fingerprint density at radius 2 is 2.07 bits per heavy atom. The van der Waals surface area contributed by atoms with Crippen molar-refractivity contribution in [3.63, 3.8) is 0 Å². The van der Waals surface area contributed by atoms with Gasteiger partial charge >= 0.3 is 0 Å². The van der Waals surface area contributed by atoms with Gasteiger partial charge in [0.05, 0.1) is 36.3 Å². The number of thioether (sulfide) groups is 1. The molecule has 29 heavy (non-hydrogen) atoms. The molecule has 0 spiro atoms. The molecule has 2 aromatic carbocycles. The van der Waals surface area contributed by atoms with E-state index in [4.69, 9.17) is 4.74 Å². The lowest BCUT2D eigenvalue weighted by Gasteiger charge is -2.42. The van der Waals surface area contributed by atoms with Crippen molar-refractivity contribution in [2.45, 2.75) is 25.7 Å². The zero-order valence-corrected chi connectivity index (χ0v) is 17.4. The number of rotatable bonds is 4. The molecule has 2 aliphatic heterocycles. The molecule has 148 valence electrons. The monoisotopic (exact) mass is 405 g/mol. The van der Waals surface area contributed by atoms with Gasteiger partial charge in [-0.3, -0.25) is 9.69 Å². The van der Waals surface area contributed by atoms with Crippen molar-refractivity contribution < 1.29 is 9.53 Å². The fourth-order valence-corrected chi connectivity index (χ4v) is 5.13. The first-order valence-corrected chi connectivity index (χ1v) is 10.7. The Kier molecular flexibility index (Phi) is 5.50. The fraction of sp³-hybridized carbons (Fsp3) is 0.304.